The summed E-state index contributed by atoms with van der Waals surface area (Å²) in [5.74, 6) is 1.30. The van der Waals surface area contributed by atoms with Gasteiger partial charge in [-0.05, 0) is 43.0 Å². The second-order valence-corrected chi connectivity index (χ2v) is 8.93. The van der Waals surface area contributed by atoms with Crippen molar-refractivity contribution in [1.82, 2.24) is 0 Å². The quantitative estimate of drug-likeness (QED) is 0.217. The van der Waals surface area contributed by atoms with Gasteiger partial charge in [-0.25, -0.2) is 4.57 Å². The van der Waals surface area contributed by atoms with Gasteiger partial charge in [-0.15, -0.1) is 0 Å². The van der Waals surface area contributed by atoms with Crippen LogP contribution in [0.1, 0.15) is 65.2 Å². The summed E-state index contributed by atoms with van der Waals surface area (Å²) in [5.41, 5.74) is 0. The molecule has 0 aliphatic heterocycles. The topological polar surface area (TPSA) is 44.8 Å². The van der Waals surface area contributed by atoms with Gasteiger partial charge in [0.15, 0.2) is 0 Å². The van der Waals surface area contributed by atoms with Crippen LogP contribution in [0.15, 0.2) is 60.7 Å². The molecule has 160 valence electrons. The zero-order valence-corrected chi connectivity index (χ0v) is 18.7. The van der Waals surface area contributed by atoms with E-state index in [1.54, 1.807) is 24.3 Å². The van der Waals surface area contributed by atoms with Gasteiger partial charge in [-0.3, -0.25) is 4.52 Å². The minimum atomic E-state index is -3.79. The Hall–Kier alpha value is -1.77. The number of rotatable bonds is 15. The predicted molar refractivity (Wildman–Crippen MR) is 119 cm³/mol. The van der Waals surface area contributed by atoms with Crippen LogP contribution < -0.4 is 9.05 Å². The third-order valence-corrected chi connectivity index (χ3v) is 6.16. The van der Waals surface area contributed by atoms with Gasteiger partial charge in [0.25, 0.3) is 0 Å². The average Bonchev–Trinajstić information content (AvgIpc) is 2.74. The second-order valence-electron chi connectivity index (χ2n) is 7.41. The van der Waals surface area contributed by atoms with E-state index in [0.717, 1.165) is 25.7 Å². The van der Waals surface area contributed by atoms with E-state index in [1.165, 1.54) is 25.7 Å². The molecule has 2 aromatic rings. The number of unbranched alkanes of at least 4 members (excludes halogenated alkanes) is 4. The standard InChI is InChI=1S/C24H35O4P/c1-3-5-7-10-16-22(15-6-4-2)21-26-29(25,27-23-17-11-8-12-18-23)28-24-19-13-9-14-20-24/h8-9,11-14,17-20,22H,3-7,10,15-16,21H2,1-2H3. The summed E-state index contributed by atoms with van der Waals surface area (Å²) in [7, 11) is -3.79. The summed E-state index contributed by atoms with van der Waals surface area (Å²) in [6.07, 6.45) is 9.33. The van der Waals surface area contributed by atoms with Gasteiger partial charge in [0.2, 0.25) is 0 Å². The van der Waals surface area contributed by atoms with E-state index in [9.17, 15) is 4.57 Å². The van der Waals surface area contributed by atoms with Crippen molar-refractivity contribution >= 4 is 7.82 Å². The van der Waals surface area contributed by atoms with E-state index in [0.29, 0.717) is 24.0 Å². The minimum absolute atomic E-state index is 0.360. The van der Waals surface area contributed by atoms with Gasteiger partial charge in [0.05, 0.1) is 6.61 Å². The Bertz CT molecular complexity index is 660. The highest BCUT2D eigenvalue weighted by atomic mass is 31.2. The minimum Gasteiger partial charge on any atom is -0.395 e. The van der Waals surface area contributed by atoms with Crippen LogP contribution in [0.5, 0.6) is 11.5 Å². The summed E-state index contributed by atoms with van der Waals surface area (Å²) >= 11 is 0. The lowest BCUT2D eigenvalue weighted by Gasteiger charge is -2.22. The van der Waals surface area contributed by atoms with E-state index in [-0.39, 0.29) is 0 Å². The van der Waals surface area contributed by atoms with Crippen molar-refractivity contribution in [2.75, 3.05) is 6.61 Å². The fourth-order valence-electron chi connectivity index (χ4n) is 3.15. The highest BCUT2D eigenvalue weighted by Gasteiger charge is 2.32. The van der Waals surface area contributed by atoms with Crippen molar-refractivity contribution in [3.05, 3.63) is 60.7 Å². The number of phosphoric acid groups is 1. The SMILES string of the molecule is CCCCCCC(CCCC)COP(=O)(Oc1ccccc1)Oc1ccccc1. The molecular formula is C24H35O4P. The number of phosphoric ester groups is 1. The molecule has 0 radical (unpaired) electrons. The van der Waals surface area contributed by atoms with Gasteiger partial charge in [0.1, 0.15) is 11.5 Å². The summed E-state index contributed by atoms with van der Waals surface area (Å²) < 4.78 is 30.7. The molecule has 1 atom stereocenters. The van der Waals surface area contributed by atoms with Crippen LogP contribution in [0, 0.1) is 5.92 Å². The Morgan fingerprint density at radius 2 is 1.24 bits per heavy atom. The van der Waals surface area contributed by atoms with Crippen molar-refractivity contribution in [2.24, 2.45) is 5.92 Å². The summed E-state index contributed by atoms with van der Waals surface area (Å²) in [6.45, 7) is 4.79. The molecule has 29 heavy (non-hydrogen) atoms. The normalized spacial score (nSPS) is 12.5. The molecule has 0 saturated heterocycles. The van der Waals surface area contributed by atoms with Crippen molar-refractivity contribution in [3.8, 4) is 11.5 Å². The lowest BCUT2D eigenvalue weighted by molar-refractivity contribution is 0.167. The van der Waals surface area contributed by atoms with Crippen molar-refractivity contribution in [1.29, 1.82) is 0 Å². The molecule has 0 aromatic heterocycles. The van der Waals surface area contributed by atoms with Crippen LogP contribution in [0.2, 0.25) is 0 Å². The first-order valence-corrected chi connectivity index (χ1v) is 12.3. The molecule has 0 fully saturated rings. The number of hydrogen-bond donors (Lipinski definition) is 0. The third-order valence-electron chi connectivity index (χ3n) is 4.82. The molecule has 2 rings (SSSR count). The molecular weight excluding hydrogens is 383 g/mol. The Balaban J connectivity index is 2.04. The maximum atomic E-state index is 13.4. The summed E-state index contributed by atoms with van der Waals surface area (Å²) in [5, 5.41) is 0. The van der Waals surface area contributed by atoms with Gasteiger partial charge < -0.3 is 9.05 Å². The molecule has 0 amide bonds. The Labute approximate surface area is 176 Å². The first-order chi connectivity index (χ1) is 14.1. The first-order valence-electron chi connectivity index (χ1n) is 10.9. The maximum Gasteiger partial charge on any atom is 0.587 e. The van der Waals surface area contributed by atoms with Crippen LogP contribution in [0.25, 0.3) is 0 Å². The van der Waals surface area contributed by atoms with Crippen LogP contribution in [0.3, 0.4) is 0 Å². The molecule has 0 aliphatic carbocycles. The maximum absolute atomic E-state index is 13.4. The fourth-order valence-corrected chi connectivity index (χ4v) is 4.45. The van der Waals surface area contributed by atoms with E-state index >= 15 is 0 Å². The molecule has 5 heteroatoms. The van der Waals surface area contributed by atoms with E-state index in [2.05, 4.69) is 13.8 Å². The first kappa shape index (κ1) is 23.5. The van der Waals surface area contributed by atoms with Crippen molar-refractivity contribution in [3.63, 3.8) is 0 Å². The van der Waals surface area contributed by atoms with Gasteiger partial charge in [-0.2, -0.15) is 0 Å². The lowest BCUT2D eigenvalue weighted by Crippen LogP contribution is -2.13. The van der Waals surface area contributed by atoms with Crippen molar-refractivity contribution < 1.29 is 18.1 Å². The summed E-state index contributed by atoms with van der Waals surface area (Å²) in [4.78, 5) is 0. The zero-order valence-electron chi connectivity index (χ0n) is 17.8. The highest BCUT2D eigenvalue weighted by molar-refractivity contribution is 7.49. The molecule has 2 aromatic carbocycles. The van der Waals surface area contributed by atoms with Gasteiger partial charge in [0, 0.05) is 0 Å². The Morgan fingerprint density at radius 3 is 1.76 bits per heavy atom. The molecule has 0 heterocycles. The molecule has 0 N–H and O–H groups in total. The number of hydrogen-bond acceptors (Lipinski definition) is 4. The monoisotopic (exact) mass is 418 g/mol. The van der Waals surface area contributed by atoms with E-state index in [4.69, 9.17) is 13.6 Å². The van der Waals surface area contributed by atoms with Crippen molar-refractivity contribution in [2.45, 2.75) is 65.2 Å². The fraction of sp³-hybridized carbons (Fsp3) is 0.500. The number of benzene rings is 2. The lowest BCUT2D eigenvalue weighted by atomic mass is 9.96. The number of para-hydroxylation sites is 2. The molecule has 0 spiro atoms. The van der Waals surface area contributed by atoms with Crippen LogP contribution >= 0.6 is 7.82 Å². The molecule has 1 unspecified atom stereocenters. The smallest absolute Gasteiger partial charge is 0.395 e. The third kappa shape index (κ3) is 9.51. The highest BCUT2D eigenvalue weighted by Crippen LogP contribution is 2.50. The van der Waals surface area contributed by atoms with Gasteiger partial charge >= 0.3 is 7.82 Å². The molecule has 0 aliphatic rings. The second kappa shape index (κ2) is 13.5. The Morgan fingerprint density at radius 1 is 0.724 bits per heavy atom. The average molecular weight is 419 g/mol. The molecule has 0 bridgehead atoms. The van der Waals surface area contributed by atoms with E-state index < -0.39 is 7.82 Å². The zero-order chi connectivity index (χ0) is 20.8. The summed E-state index contributed by atoms with van der Waals surface area (Å²) in [6, 6.07) is 18.1. The van der Waals surface area contributed by atoms with Crippen LogP contribution in [-0.2, 0) is 9.09 Å². The van der Waals surface area contributed by atoms with E-state index in [1.807, 2.05) is 36.4 Å². The van der Waals surface area contributed by atoms with Gasteiger partial charge in [-0.1, -0.05) is 88.8 Å². The largest absolute Gasteiger partial charge is 0.587 e. The predicted octanol–water partition coefficient (Wildman–Crippen LogP) is 8.05. The molecule has 4 nitrogen and oxygen atoms in total. The van der Waals surface area contributed by atoms with Crippen LogP contribution in [0.4, 0.5) is 0 Å². The Kier molecular flexibility index (Phi) is 10.9. The van der Waals surface area contributed by atoms with Crippen LogP contribution in [-0.4, -0.2) is 6.61 Å². The molecule has 0 saturated carbocycles.